The number of ether oxygens (including phenoxy) is 1. The number of anilines is 1. The molecule has 1 N–H and O–H groups in total. The molecular weight excluding hydrogens is 270 g/mol. The predicted octanol–water partition coefficient (Wildman–Crippen LogP) is 4.19. The minimum atomic E-state index is -0.400. The quantitative estimate of drug-likeness (QED) is 0.824. The van der Waals surface area contributed by atoms with Gasteiger partial charge in [-0.25, -0.2) is 4.79 Å². The molecule has 0 saturated heterocycles. The first-order chi connectivity index (χ1) is 7.74. The maximum absolute atomic E-state index is 11.4. The minimum absolute atomic E-state index is 0.400. The second-order valence-corrected chi connectivity index (χ2v) is 4.30. The molecular formula is C12H16BrNO2. The highest BCUT2D eigenvalue weighted by Gasteiger charge is 2.04. The van der Waals surface area contributed by atoms with Crippen molar-refractivity contribution in [1.82, 2.24) is 0 Å². The molecule has 0 bridgehead atoms. The molecule has 0 fully saturated rings. The number of hydrogen-bond acceptors (Lipinski definition) is 2. The summed E-state index contributed by atoms with van der Waals surface area (Å²) in [5.74, 6) is 0. The molecule has 1 amide bonds. The highest BCUT2D eigenvalue weighted by Crippen LogP contribution is 2.21. The third-order valence-electron chi connectivity index (χ3n) is 2.09. The molecule has 0 aliphatic rings. The second-order valence-electron chi connectivity index (χ2n) is 3.45. The number of amides is 1. The van der Waals surface area contributed by atoms with E-state index in [2.05, 4.69) is 28.2 Å². The van der Waals surface area contributed by atoms with E-state index in [1.54, 1.807) is 0 Å². The lowest BCUT2D eigenvalue weighted by Gasteiger charge is -2.07. The summed E-state index contributed by atoms with van der Waals surface area (Å²) < 4.78 is 5.88. The zero-order chi connectivity index (χ0) is 11.8. The minimum Gasteiger partial charge on any atom is -0.449 e. The van der Waals surface area contributed by atoms with E-state index in [1.165, 1.54) is 0 Å². The largest absolute Gasteiger partial charge is 0.449 e. The van der Waals surface area contributed by atoms with Crippen molar-refractivity contribution in [3.63, 3.8) is 0 Å². The smallest absolute Gasteiger partial charge is 0.411 e. The fraction of sp³-hybridized carbons (Fsp3) is 0.417. The first-order valence-electron chi connectivity index (χ1n) is 5.42. The summed E-state index contributed by atoms with van der Waals surface area (Å²) >= 11 is 3.35. The number of hydrogen-bond donors (Lipinski definition) is 1. The second kappa shape index (κ2) is 7.28. The van der Waals surface area contributed by atoms with Crippen molar-refractivity contribution in [2.45, 2.75) is 26.2 Å². The van der Waals surface area contributed by atoms with E-state index < -0.39 is 6.09 Å². The maximum atomic E-state index is 11.4. The number of benzene rings is 1. The van der Waals surface area contributed by atoms with Crippen molar-refractivity contribution in [3.8, 4) is 0 Å². The van der Waals surface area contributed by atoms with E-state index in [4.69, 9.17) is 4.74 Å². The zero-order valence-electron chi connectivity index (χ0n) is 9.33. The molecule has 0 spiro atoms. The van der Waals surface area contributed by atoms with Gasteiger partial charge in [-0.3, -0.25) is 5.32 Å². The number of unbranched alkanes of at least 4 members (excludes halogenated alkanes) is 2. The highest BCUT2D eigenvalue weighted by atomic mass is 79.9. The van der Waals surface area contributed by atoms with Crippen LogP contribution in [-0.4, -0.2) is 12.7 Å². The third-order valence-corrected chi connectivity index (χ3v) is 2.78. The van der Waals surface area contributed by atoms with E-state index >= 15 is 0 Å². The fourth-order valence-electron chi connectivity index (χ4n) is 1.23. The summed E-state index contributed by atoms with van der Waals surface area (Å²) in [5.41, 5.74) is 0.725. The molecule has 1 aromatic rings. The van der Waals surface area contributed by atoms with Gasteiger partial charge >= 0.3 is 6.09 Å². The van der Waals surface area contributed by atoms with Crippen molar-refractivity contribution in [2.24, 2.45) is 0 Å². The van der Waals surface area contributed by atoms with Crippen molar-refractivity contribution >= 4 is 27.7 Å². The molecule has 4 heteroatoms. The summed E-state index contributed by atoms with van der Waals surface area (Å²) in [6.45, 7) is 2.59. The fourth-order valence-corrected chi connectivity index (χ4v) is 1.61. The van der Waals surface area contributed by atoms with Crippen LogP contribution < -0.4 is 5.32 Å². The molecule has 3 nitrogen and oxygen atoms in total. The third kappa shape index (κ3) is 4.66. The van der Waals surface area contributed by atoms with Gasteiger partial charge in [0.05, 0.1) is 12.3 Å². The van der Waals surface area contributed by atoms with Crippen molar-refractivity contribution in [2.75, 3.05) is 11.9 Å². The van der Waals surface area contributed by atoms with Crippen LogP contribution in [0.1, 0.15) is 26.2 Å². The Morgan fingerprint density at radius 2 is 2.12 bits per heavy atom. The van der Waals surface area contributed by atoms with E-state index in [9.17, 15) is 4.79 Å². The SMILES string of the molecule is CCCCCOC(=O)Nc1ccccc1Br. The van der Waals surface area contributed by atoms with E-state index in [1.807, 2.05) is 24.3 Å². The van der Waals surface area contributed by atoms with Gasteiger partial charge in [0.2, 0.25) is 0 Å². The van der Waals surface area contributed by atoms with Crippen LogP contribution in [0.15, 0.2) is 28.7 Å². The number of nitrogens with one attached hydrogen (secondary N) is 1. The molecule has 0 aliphatic heterocycles. The van der Waals surface area contributed by atoms with Crippen LogP contribution in [0.3, 0.4) is 0 Å². The van der Waals surface area contributed by atoms with Crippen LogP contribution in [-0.2, 0) is 4.74 Å². The van der Waals surface area contributed by atoms with Gasteiger partial charge in [0.1, 0.15) is 0 Å². The Kier molecular flexibility index (Phi) is 5.93. The van der Waals surface area contributed by atoms with Crippen LogP contribution in [0, 0.1) is 0 Å². The van der Waals surface area contributed by atoms with Crippen LogP contribution in [0.25, 0.3) is 0 Å². The number of carbonyl (C=O) groups excluding carboxylic acids is 1. The van der Waals surface area contributed by atoms with Crippen LogP contribution >= 0.6 is 15.9 Å². The Bertz CT molecular complexity index is 342. The lowest BCUT2D eigenvalue weighted by atomic mass is 10.3. The molecule has 0 saturated carbocycles. The normalized spacial score (nSPS) is 9.88. The maximum Gasteiger partial charge on any atom is 0.411 e. The Balaban J connectivity index is 2.32. The first kappa shape index (κ1) is 13.0. The van der Waals surface area contributed by atoms with E-state index in [0.717, 1.165) is 29.4 Å². The zero-order valence-corrected chi connectivity index (χ0v) is 10.9. The number of rotatable bonds is 5. The standard InChI is InChI=1S/C12H16BrNO2/c1-2-3-6-9-16-12(15)14-11-8-5-4-7-10(11)13/h4-5,7-8H,2-3,6,9H2,1H3,(H,14,15). The summed E-state index contributed by atoms with van der Waals surface area (Å²) in [6.07, 6.45) is 2.72. The number of halogens is 1. The lowest BCUT2D eigenvalue weighted by molar-refractivity contribution is 0.159. The van der Waals surface area contributed by atoms with Crippen molar-refractivity contribution in [1.29, 1.82) is 0 Å². The van der Waals surface area contributed by atoms with Gasteiger partial charge in [0, 0.05) is 4.47 Å². The van der Waals surface area contributed by atoms with Crippen molar-refractivity contribution < 1.29 is 9.53 Å². The molecule has 0 heterocycles. The average Bonchev–Trinajstić information content (AvgIpc) is 2.28. The molecule has 88 valence electrons. The number of carbonyl (C=O) groups is 1. The monoisotopic (exact) mass is 285 g/mol. The molecule has 0 aromatic heterocycles. The van der Waals surface area contributed by atoms with Gasteiger partial charge in [-0.15, -0.1) is 0 Å². The number of para-hydroxylation sites is 1. The molecule has 0 aliphatic carbocycles. The van der Waals surface area contributed by atoms with Gasteiger partial charge < -0.3 is 4.74 Å². The van der Waals surface area contributed by atoms with Gasteiger partial charge in [-0.05, 0) is 34.5 Å². The molecule has 0 radical (unpaired) electrons. The Morgan fingerprint density at radius 1 is 1.38 bits per heavy atom. The van der Waals surface area contributed by atoms with E-state index in [0.29, 0.717) is 6.61 Å². The molecule has 0 atom stereocenters. The average molecular weight is 286 g/mol. The predicted molar refractivity (Wildman–Crippen MR) is 68.6 cm³/mol. The Morgan fingerprint density at radius 3 is 2.81 bits per heavy atom. The topological polar surface area (TPSA) is 38.3 Å². The van der Waals surface area contributed by atoms with Gasteiger partial charge in [0.25, 0.3) is 0 Å². The van der Waals surface area contributed by atoms with E-state index in [-0.39, 0.29) is 0 Å². The van der Waals surface area contributed by atoms with Gasteiger partial charge in [-0.2, -0.15) is 0 Å². The summed E-state index contributed by atoms with van der Waals surface area (Å²) in [4.78, 5) is 11.4. The Hall–Kier alpha value is -1.03. The van der Waals surface area contributed by atoms with Crippen LogP contribution in [0.5, 0.6) is 0 Å². The molecule has 0 unspecified atom stereocenters. The highest BCUT2D eigenvalue weighted by molar-refractivity contribution is 9.10. The summed E-state index contributed by atoms with van der Waals surface area (Å²) in [6, 6.07) is 7.43. The first-order valence-corrected chi connectivity index (χ1v) is 6.21. The van der Waals surface area contributed by atoms with Gasteiger partial charge in [-0.1, -0.05) is 31.9 Å². The summed E-state index contributed by atoms with van der Waals surface area (Å²) in [7, 11) is 0. The van der Waals surface area contributed by atoms with Gasteiger partial charge in [0.15, 0.2) is 0 Å². The Labute approximate surface area is 104 Å². The van der Waals surface area contributed by atoms with Crippen LogP contribution in [0.4, 0.5) is 10.5 Å². The van der Waals surface area contributed by atoms with Crippen LogP contribution in [0.2, 0.25) is 0 Å². The molecule has 1 rings (SSSR count). The molecule has 1 aromatic carbocycles. The lowest BCUT2D eigenvalue weighted by Crippen LogP contribution is -2.14. The summed E-state index contributed by atoms with van der Waals surface area (Å²) in [5, 5.41) is 2.68. The molecule has 16 heavy (non-hydrogen) atoms. The van der Waals surface area contributed by atoms with Crippen molar-refractivity contribution in [3.05, 3.63) is 28.7 Å².